The summed E-state index contributed by atoms with van der Waals surface area (Å²) in [6.45, 7) is 5.93. The van der Waals surface area contributed by atoms with Gasteiger partial charge in [0.25, 0.3) is 5.91 Å². The van der Waals surface area contributed by atoms with Crippen molar-refractivity contribution in [2.45, 2.75) is 26.3 Å². The lowest BCUT2D eigenvalue weighted by molar-refractivity contribution is 0.0922. The summed E-state index contributed by atoms with van der Waals surface area (Å²) in [5.41, 5.74) is 9.76. The number of H-pyrrole nitrogens is 1. The van der Waals surface area contributed by atoms with Crippen molar-refractivity contribution in [3.63, 3.8) is 0 Å². The van der Waals surface area contributed by atoms with Crippen molar-refractivity contribution < 1.29 is 4.79 Å². The minimum absolute atomic E-state index is 0.0992. The average Bonchev–Trinajstić information content (AvgIpc) is 3.16. The number of aromatic nitrogens is 2. The molecule has 132 valence electrons. The van der Waals surface area contributed by atoms with Gasteiger partial charge in [-0.05, 0) is 44.5 Å². The molecule has 0 fully saturated rings. The molecule has 0 saturated carbocycles. The number of aromatic amines is 1. The highest BCUT2D eigenvalue weighted by Gasteiger charge is 2.23. The number of benzene rings is 2. The Kier molecular flexibility index (Phi) is 3.73. The Hall–Kier alpha value is -2.86. The predicted molar refractivity (Wildman–Crippen MR) is 109 cm³/mol. The third kappa shape index (κ3) is 2.82. The second kappa shape index (κ2) is 5.85. The number of nitrogens with zero attached hydrogens (tertiary/aromatic N) is 1. The first kappa shape index (κ1) is 16.6. The van der Waals surface area contributed by atoms with Crippen LogP contribution in [-0.4, -0.2) is 21.4 Å². The first-order valence-electron chi connectivity index (χ1n) is 8.41. The normalized spacial score (nSPS) is 12.0. The zero-order chi connectivity index (χ0) is 18.5. The van der Waals surface area contributed by atoms with Crippen LogP contribution >= 0.6 is 11.3 Å². The average molecular weight is 364 g/mol. The number of amides is 1. The number of rotatable bonds is 2. The van der Waals surface area contributed by atoms with E-state index in [0.717, 1.165) is 32.2 Å². The van der Waals surface area contributed by atoms with Gasteiger partial charge in [0, 0.05) is 28.2 Å². The Morgan fingerprint density at radius 2 is 1.96 bits per heavy atom. The molecule has 26 heavy (non-hydrogen) atoms. The van der Waals surface area contributed by atoms with E-state index < -0.39 is 0 Å². The SMILES string of the molecule is CC(C)(C)NC(=O)c1c(-c2cccc3sc(N)nc23)ccc2[nH]ccc12. The first-order chi connectivity index (χ1) is 12.3. The van der Waals surface area contributed by atoms with E-state index in [2.05, 4.69) is 15.3 Å². The summed E-state index contributed by atoms with van der Waals surface area (Å²) in [5, 5.41) is 4.50. The summed E-state index contributed by atoms with van der Waals surface area (Å²) in [6, 6.07) is 11.9. The van der Waals surface area contributed by atoms with E-state index in [1.165, 1.54) is 11.3 Å². The number of hydrogen-bond donors (Lipinski definition) is 3. The number of carbonyl (C=O) groups excluding carboxylic acids is 1. The van der Waals surface area contributed by atoms with Crippen LogP contribution in [0.4, 0.5) is 5.13 Å². The monoisotopic (exact) mass is 364 g/mol. The van der Waals surface area contributed by atoms with E-state index in [1.54, 1.807) is 0 Å². The highest BCUT2D eigenvalue weighted by atomic mass is 32.1. The van der Waals surface area contributed by atoms with Crippen LogP contribution in [0.1, 0.15) is 31.1 Å². The lowest BCUT2D eigenvalue weighted by Crippen LogP contribution is -2.40. The van der Waals surface area contributed by atoms with Crippen LogP contribution in [0.15, 0.2) is 42.6 Å². The summed E-state index contributed by atoms with van der Waals surface area (Å²) in [4.78, 5) is 20.8. The molecule has 0 atom stereocenters. The number of nitrogens with two attached hydrogens (primary N) is 1. The molecule has 2 heterocycles. The Labute approximate surface area is 155 Å². The maximum absolute atomic E-state index is 13.1. The molecule has 0 radical (unpaired) electrons. The molecule has 0 bridgehead atoms. The lowest BCUT2D eigenvalue weighted by atomic mass is 9.94. The number of hydrogen-bond acceptors (Lipinski definition) is 4. The van der Waals surface area contributed by atoms with Crippen LogP contribution in [0.25, 0.3) is 32.2 Å². The fourth-order valence-corrected chi connectivity index (χ4v) is 3.95. The zero-order valence-corrected chi connectivity index (χ0v) is 15.7. The summed E-state index contributed by atoms with van der Waals surface area (Å²) in [5.74, 6) is -0.0992. The van der Waals surface area contributed by atoms with E-state index in [4.69, 9.17) is 5.73 Å². The predicted octanol–water partition coefficient (Wildman–Crippen LogP) is 4.56. The first-order valence-corrected chi connectivity index (χ1v) is 9.23. The summed E-state index contributed by atoms with van der Waals surface area (Å²) >= 11 is 1.45. The van der Waals surface area contributed by atoms with E-state index >= 15 is 0 Å². The smallest absolute Gasteiger partial charge is 0.253 e. The summed E-state index contributed by atoms with van der Waals surface area (Å²) < 4.78 is 1.01. The van der Waals surface area contributed by atoms with Gasteiger partial charge in [-0.1, -0.05) is 29.5 Å². The van der Waals surface area contributed by atoms with Gasteiger partial charge < -0.3 is 16.0 Å². The van der Waals surface area contributed by atoms with Crippen molar-refractivity contribution in [2.24, 2.45) is 0 Å². The Balaban J connectivity index is 2.00. The highest BCUT2D eigenvalue weighted by molar-refractivity contribution is 7.22. The van der Waals surface area contributed by atoms with E-state index in [9.17, 15) is 4.79 Å². The molecule has 4 rings (SSSR count). The second-order valence-corrected chi connectivity index (χ2v) is 8.40. The van der Waals surface area contributed by atoms with E-state index in [1.807, 2.05) is 63.4 Å². The molecular formula is C20H20N4OS. The third-order valence-electron chi connectivity index (χ3n) is 4.18. The van der Waals surface area contributed by atoms with Crippen molar-refractivity contribution in [2.75, 3.05) is 5.73 Å². The van der Waals surface area contributed by atoms with Crippen LogP contribution in [-0.2, 0) is 0 Å². The molecule has 0 spiro atoms. The zero-order valence-electron chi connectivity index (χ0n) is 14.9. The van der Waals surface area contributed by atoms with Crippen LogP contribution in [0.2, 0.25) is 0 Å². The molecule has 0 saturated heterocycles. The third-order valence-corrected chi connectivity index (χ3v) is 5.03. The quantitative estimate of drug-likeness (QED) is 0.488. The number of carbonyl (C=O) groups is 1. The topological polar surface area (TPSA) is 83.8 Å². The van der Waals surface area contributed by atoms with Crippen LogP contribution in [0, 0.1) is 0 Å². The Morgan fingerprint density at radius 3 is 2.73 bits per heavy atom. The molecule has 0 unspecified atom stereocenters. The van der Waals surface area contributed by atoms with Gasteiger partial charge in [-0.3, -0.25) is 4.79 Å². The molecule has 0 aliphatic heterocycles. The molecule has 2 aromatic carbocycles. The number of thiazole rings is 1. The lowest BCUT2D eigenvalue weighted by Gasteiger charge is -2.22. The van der Waals surface area contributed by atoms with Gasteiger partial charge in [-0.15, -0.1) is 0 Å². The van der Waals surface area contributed by atoms with Crippen molar-refractivity contribution >= 4 is 43.5 Å². The molecule has 4 N–H and O–H groups in total. The number of nitrogens with one attached hydrogen (secondary N) is 2. The fourth-order valence-electron chi connectivity index (χ4n) is 3.19. The summed E-state index contributed by atoms with van der Waals surface area (Å²) in [6.07, 6.45) is 1.85. The van der Waals surface area contributed by atoms with Crippen molar-refractivity contribution in [3.8, 4) is 11.1 Å². The standard InChI is InChI=1S/C20H20N4OS/c1-20(2,3)24-18(25)16-11(7-8-14-13(16)9-10-22-14)12-5-4-6-15-17(12)23-19(21)26-15/h4-10,22H,1-3H3,(H2,21,23)(H,24,25). The van der Waals surface area contributed by atoms with Crippen LogP contribution in [0.3, 0.4) is 0 Å². The number of anilines is 1. The second-order valence-electron chi connectivity index (χ2n) is 7.34. The highest BCUT2D eigenvalue weighted by Crippen LogP contribution is 2.36. The minimum atomic E-state index is -0.329. The van der Waals surface area contributed by atoms with E-state index in [-0.39, 0.29) is 11.4 Å². The molecule has 2 aromatic heterocycles. The molecule has 4 aromatic rings. The van der Waals surface area contributed by atoms with Crippen molar-refractivity contribution in [1.29, 1.82) is 0 Å². The minimum Gasteiger partial charge on any atom is -0.375 e. The van der Waals surface area contributed by atoms with E-state index in [0.29, 0.717) is 10.7 Å². The Morgan fingerprint density at radius 1 is 1.15 bits per heavy atom. The molecule has 0 aliphatic rings. The maximum atomic E-state index is 13.1. The molecular weight excluding hydrogens is 344 g/mol. The van der Waals surface area contributed by atoms with Crippen molar-refractivity contribution in [3.05, 3.63) is 48.2 Å². The van der Waals surface area contributed by atoms with Gasteiger partial charge in [-0.25, -0.2) is 4.98 Å². The fraction of sp³-hybridized carbons (Fsp3) is 0.200. The Bertz CT molecular complexity index is 1130. The molecule has 5 nitrogen and oxygen atoms in total. The number of fused-ring (bicyclic) bond motifs is 2. The number of para-hydroxylation sites is 1. The van der Waals surface area contributed by atoms with Crippen molar-refractivity contribution in [1.82, 2.24) is 15.3 Å². The van der Waals surface area contributed by atoms with Crippen LogP contribution in [0.5, 0.6) is 0 Å². The van der Waals surface area contributed by atoms with Crippen LogP contribution < -0.4 is 11.1 Å². The van der Waals surface area contributed by atoms with Gasteiger partial charge >= 0.3 is 0 Å². The summed E-state index contributed by atoms with van der Waals surface area (Å²) in [7, 11) is 0. The van der Waals surface area contributed by atoms with Gasteiger partial charge in [-0.2, -0.15) is 0 Å². The van der Waals surface area contributed by atoms with Gasteiger partial charge in [0.1, 0.15) is 0 Å². The molecule has 6 heteroatoms. The largest absolute Gasteiger partial charge is 0.375 e. The molecule has 1 amide bonds. The van der Waals surface area contributed by atoms with Gasteiger partial charge in [0.05, 0.1) is 15.8 Å². The van der Waals surface area contributed by atoms with Gasteiger partial charge in [0.2, 0.25) is 0 Å². The maximum Gasteiger partial charge on any atom is 0.253 e. The molecule has 0 aliphatic carbocycles. The van der Waals surface area contributed by atoms with Gasteiger partial charge in [0.15, 0.2) is 5.13 Å². The number of nitrogen functional groups attached to an aromatic ring is 1.